The Labute approximate surface area is 80.1 Å². The van der Waals surface area contributed by atoms with Gasteiger partial charge in [0.1, 0.15) is 5.78 Å². The van der Waals surface area contributed by atoms with Crippen LogP contribution in [0, 0.1) is 0 Å². The average molecular weight is 185 g/mol. The summed E-state index contributed by atoms with van der Waals surface area (Å²) in [7, 11) is 0. The Morgan fingerprint density at radius 2 is 2.38 bits per heavy atom. The Balaban J connectivity index is 2.21. The molecule has 0 bridgehead atoms. The number of ketones is 1. The molecule has 0 aromatic rings. The van der Waals surface area contributed by atoms with Crippen molar-refractivity contribution in [1.29, 1.82) is 0 Å². The first-order valence-corrected chi connectivity index (χ1v) is 5.07. The van der Waals surface area contributed by atoms with E-state index in [1.54, 1.807) is 0 Å². The zero-order valence-electron chi connectivity index (χ0n) is 8.58. The van der Waals surface area contributed by atoms with Crippen LogP contribution in [0.5, 0.6) is 0 Å². The molecule has 0 aliphatic carbocycles. The lowest BCUT2D eigenvalue weighted by Crippen LogP contribution is -2.42. The number of piperidine rings is 1. The van der Waals surface area contributed by atoms with Crippen LogP contribution in [-0.4, -0.2) is 43.0 Å². The van der Waals surface area contributed by atoms with E-state index in [2.05, 4.69) is 11.8 Å². The molecule has 0 spiro atoms. The third-order valence-corrected chi connectivity index (χ3v) is 2.55. The van der Waals surface area contributed by atoms with Gasteiger partial charge in [0.15, 0.2) is 0 Å². The number of carbonyl (C=O) groups excluding carboxylic acids is 1. The molecule has 1 aliphatic rings. The van der Waals surface area contributed by atoms with E-state index < -0.39 is 0 Å². The second-order valence-corrected chi connectivity index (χ2v) is 3.57. The van der Waals surface area contributed by atoms with Gasteiger partial charge in [0.2, 0.25) is 0 Å². The Morgan fingerprint density at radius 1 is 1.62 bits per heavy atom. The number of rotatable bonds is 4. The third-order valence-electron chi connectivity index (χ3n) is 2.55. The molecule has 0 aromatic carbocycles. The van der Waals surface area contributed by atoms with E-state index >= 15 is 0 Å². The van der Waals surface area contributed by atoms with Crippen LogP contribution in [0.3, 0.4) is 0 Å². The molecule has 0 radical (unpaired) electrons. The summed E-state index contributed by atoms with van der Waals surface area (Å²) in [5, 5.41) is 0. The molecule has 3 nitrogen and oxygen atoms in total. The molecule has 0 aromatic heterocycles. The monoisotopic (exact) mass is 185 g/mol. The molecular formula is C10H19NO2. The second kappa shape index (κ2) is 5.35. The molecule has 0 N–H and O–H groups in total. The van der Waals surface area contributed by atoms with Crippen molar-refractivity contribution in [1.82, 2.24) is 4.90 Å². The van der Waals surface area contributed by atoms with E-state index in [1.165, 1.54) is 0 Å². The maximum Gasteiger partial charge on any atom is 0.135 e. The normalized spacial score (nSPS) is 25.1. The van der Waals surface area contributed by atoms with Crippen molar-refractivity contribution in [3.05, 3.63) is 0 Å². The highest BCUT2D eigenvalue weighted by molar-refractivity contribution is 5.79. The summed E-state index contributed by atoms with van der Waals surface area (Å²) in [6.07, 6.45) is 1.43. The maximum absolute atomic E-state index is 11.1. The smallest absolute Gasteiger partial charge is 0.135 e. The highest BCUT2D eigenvalue weighted by atomic mass is 16.5. The van der Waals surface area contributed by atoms with Gasteiger partial charge in [0, 0.05) is 38.6 Å². The van der Waals surface area contributed by atoms with Crippen LogP contribution in [0.1, 0.15) is 26.7 Å². The fraction of sp³-hybridized carbons (Fsp3) is 0.900. The molecule has 13 heavy (non-hydrogen) atoms. The van der Waals surface area contributed by atoms with E-state index in [0.717, 1.165) is 32.7 Å². The van der Waals surface area contributed by atoms with Crippen LogP contribution in [0.2, 0.25) is 0 Å². The number of Topliss-reactive ketones (excluding diaryl/α,β-unsaturated/α-hetero) is 1. The van der Waals surface area contributed by atoms with E-state index in [1.807, 2.05) is 6.92 Å². The number of ether oxygens (including phenoxy) is 1. The first-order valence-electron chi connectivity index (χ1n) is 5.07. The van der Waals surface area contributed by atoms with Gasteiger partial charge >= 0.3 is 0 Å². The van der Waals surface area contributed by atoms with E-state index in [9.17, 15) is 4.79 Å². The molecule has 1 aliphatic heterocycles. The fourth-order valence-electron chi connectivity index (χ4n) is 1.71. The summed E-state index contributed by atoms with van der Waals surface area (Å²) >= 11 is 0. The Morgan fingerprint density at radius 3 is 3.00 bits per heavy atom. The lowest BCUT2D eigenvalue weighted by molar-refractivity contribution is -0.123. The van der Waals surface area contributed by atoms with E-state index in [4.69, 9.17) is 4.74 Å². The summed E-state index contributed by atoms with van der Waals surface area (Å²) in [6, 6.07) is 0.404. The minimum atomic E-state index is 0.403. The Bertz CT molecular complexity index is 170. The van der Waals surface area contributed by atoms with Gasteiger partial charge < -0.3 is 4.74 Å². The molecule has 76 valence electrons. The zero-order valence-corrected chi connectivity index (χ0v) is 8.58. The Kier molecular flexibility index (Phi) is 4.39. The van der Waals surface area contributed by atoms with Crippen LogP contribution in [-0.2, 0) is 9.53 Å². The van der Waals surface area contributed by atoms with Crippen LogP contribution < -0.4 is 0 Å². The molecule has 1 heterocycles. The topological polar surface area (TPSA) is 29.5 Å². The first kappa shape index (κ1) is 10.7. The molecular weight excluding hydrogens is 166 g/mol. The van der Waals surface area contributed by atoms with Crippen LogP contribution in [0.25, 0.3) is 0 Å². The number of likely N-dealkylation sites (tertiary alicyclic amines) is 1. The zero-order chi connectivity index (χ0) is 9.68. The minimum Gasteiger partial charge on any atom is -0.380 e. The van der Waals surface area contributed by atoms with Gasteiger partial charge in [-0.3, -0.25) is 9.69 Å². The molecule has 1 unspecified atom stereocenters. The molecule has 1 atom stereocenters. The van der Waals surface area contributed by atoms with E-state index in [0.29, 0.717) is 18.2 Å². The van der Waals surface area contributed by atoms with Gasteiger partial charge in [-0.05, 0) is 13.8 Å². The van der Waals surface area contributed by atoms with Crippen molar-refractivity contribution in [2.45, 2.75) is 32.7 Å². The first-order chi connectivity index (χ1) is 6.24. The second-order valence-electron chi connectivity index (χ2n) is 3.57. The van der Waals surface area contributed by atoms with Crippen LogP contribution in [0.4, 0.5) is 0 Å². The number of hydrogen-bond acceptors (Lipinski definition) is 3. The van der Waals surface area contributed by atoms with Crippen molar-refractivity contribution < 1.29 is 9.53 Å². The number of hydrogen-bond donors (Lipinski definition) is 0. The lowest BCUT2D eigenvalue weighted by Gasteiger charge is -2.32. The summed E-state index contributed by atoms with van der Waals surface area (Å²) in [5.41, 5.74) is 0. The van der Waals surface area contributed by atoms with Crippen LogP contribution in [0.15, 0.2) is 0 Å². The number of nitrogens with zero attached hydrogens (tertiary/aromatic N) is 1. The largest absolute Gasteiger partial charge is 0.380 e. The van der Waals surface area contributed by atoms with Crippen molar-refractivity contribution in [2.24, 2.45) is 0 Å². The molecule has 1 saturated heterocycles. The van der Waals surface area contributed by atoms with Crippen LogP contribution >= 0.6 is 0 Å². The molecule has 0 amide bonds. The van der Waals surface area contributed by atoms with Crippen molar-refractivity contribution in [3.8, 4) is 0 Å². The summed E-state index contributed by atoms with van der Waals surface area (Å²) in [4.78, 5) is 13.4. The van der Waals surface area contributed by atoms with Gasteiger partial charge in [-0.15, -0.1) is 0 Å². The molecule has 3 heteroatoms. The van der Waals surface area contributed by atoms with Crippen molar-refractivity contribution in [3.63, 3.8) is 0 Å². The average Bonchev–Trinajstić information content (AvgIpc) is 2.09. The highest BCUT2D eigenvalue weighted by Gasteiger charge is 2.22. The summed E-state index contributed by atoms with van der Waals surface area (Å²) in [5.74, 6) is 0.403. The van der Waals surface area contributed by atoms with Gasteiger partial charge in [0.05, 0.1) is 6.61 Å². The van der Waals surface area contributed by atoms with Gasteiger partial charge in [-0.25, -0.2) is 0 Å². The van der Waals surface area contributed by atoms with E-state index in [-0.39, 0.29) is 0 Å². The van der Waals surface area contributed by atoms with Gasteiger partial charge in [-0.1, -0.05) is 0 Å². The summed E-state index contributed by atoms with van der Waals surface area (Å²) in [6.45, 7) is 7.55. The predicted octanol–water partition coefficient (Wildman–Crippen LogP) is 1.08. The quantitative estimate of drug-likeness (QED) is 0.614. The predicted molar refractivity (Wildman–Crippen MR) is 51.8 cm³/mol. The fourth-order valence-corrected chi connectivity index (χ4v) is 1.71. The lowest BCUT2D eigenvalue weighted by atomic mass is 10.0. The van der Waals surface area contributed by atoms with Gasteiger partial charge in [-0.2, -0.15) is 0 Å². The maximum atomic E-state index is 11.1. The standard InChI is InChI=1S/C10H19NO2/c1-3-13-7-6-11-5-4-10(12)8-9(11)2/h9H,3-8H2,1-2H3. The third kappa shape index (κ3) is 3.44. The molecule has 1 rings (SSSR count). The minimum absolute atomic E-state index is 0.403. The van der Waals surface area contributed by atoms with Crippen molar-refractivity contribution >= 4 is 5.78 Å². The molecule has 0 saturated carbocycles. The van der Waals surface area contributed by atoms with Crippen molar-refractivity contribution in [2.75, 3.05) is 26.3 Å². The molecule has 1 fully saturated rings. The number of carbonyl (C=O) groups is 1. The van der Waals surface area contributed by atoms with Gasteiger partial charge in [0.25, 0.3) is 0 Å². The summed E-state index contributed by atoms with van der Waals surface area (Å²) < 4.78 is 5.28. The highest BCUT2D eigenvalue weighted by Crippen LogP contribution is 2.12. The SMILES string of the molecule is CCOCCN1CCC(=O)CC1C. The Hall–Kier alpha value is -0.410.